The van der Waals surface area contributed by atoms with Gasteiger partial charge < -0.3 is 10.1 Å². The van der Waals surface area contributed by atoms with E-state index < -0.39 is 0 Å². The van der Waals surface area contributed by atoms with Crippen LogP contribution in [0.5, 0.6) is 5.75 Å². The van der Waals surface area contributed by atoms with Crippen LogP contribution in [-0.4, -0.2) is 27.3 Å². The maximum absolute atomic E-state index is 12.2. The number of aryl methyl sites for hydroxylation is 1. The van der Waals surface area contributed by atoms with Crippen molar-refractivity contribution in [2.75, 3.05) is 6.61 Å². The summed E-state index contributed by atoms with van der Waals surface area (Å²) >= 11 is 9.55. The van der Waals surface area contributed by atoms with E-state index in [0.717, 1.165) is 21.3 Å². The largest absolute Gasteiger partial charge is 0.482 e. The third-order valence-electron chi connectivity index (χ3n) is 4.00. The van der Waals surface area contributed by atoms with E-state index in [1.165, 1.54) is 6.33 Å². The first-order chi connectivity index (χ1) is 12.9. The van der Waals surface area contributed by atoms with Crippen molar-refractivity contribution in [2.45, 2.75) is 19.9 Å². The summed E-state index contributed by atoms with van der Waals surface area (Å²) in [6, 6.07) is 11.2. The molecule has 1 N–H and O–H groups in total. The minimum atomic E-state index is -0.221. The first-order valence-electron chi connectivity index (χ1n) is 8.27. The van der Waals surface area contributed by atoms with Crippen LogP contribution in [0.1, 0.15) is 24.1 Å². The number of amides is 1. The summed E-state index contributed by atoms with van der Waals surface area (Å²) in [6.45, 7) is 3.69. The highest BCUT2D eigenvalue weighted by Crippen LogP contribution is 2.31. The molecule has 0 saturated carbocycles. The Morgan fingerprint density at radius 2 is 2.07 bits per heavy atom. The molecule has 1 amide bonds. The molecule has 3 rings (SSSR count). The molecule has 1 unspecified atom stereocenters. The van der Waals surface area contributed by atoms with Crippen LogP contribution in [0, 0.1) is 6.92 Å². The van der Waals surface area contributed by atoms with Gasteiger partial charge in [-0.2, -0.15) is 5.10 Å². The number of ether oxygens (including phenoxy) is 1. The first kappa shape index (κ1) is 19.4. The number of benzene rings is 2. The number of carbonyl (C=O) groups excluding carboxylic acids is 1. The van der Waals surface area contributed by atoms with Gasteiger partial charge in [-0.3, -0.25) is 4.79 Å². The summed E-state index contributed by atoms with van der Waals surface area (Å²) in [5.74, 6) is 0.293. The lowest BCUT2D eigenvalue weighted by molar-refractivity contribution is -0.123. The summed E-state index contributed by atoms with van der Waals surface area (Å²) in [7, 11) is 0. The minimum Gasteiger partial charge on any atom is -0.482 e. The summed E-state index contributed by atoms with van der Waals surface area (Å²) in [4.78, 5) is 16.2. The molecule has 1 atom stereocenters. The standard InChI is InChI=1S/C19H18BrClN4O2/c1-12-7-15(20)8-17(21)19(12)27-9-18(26)24-13(2)14-3-5-16(6-4-14)25-11-22-10-23-25/h3-8,10-11,13H,9H2,1-2H3,(H,24,26). The van der Waals surface area contributed by atoms with Gasteiger partial charge in [0.25, 0.3) is 5.91 Å². The van der Waals surface area contributed by atoms with Crippen LogP contribution in [0.15, 0.2) is 53.5 Å². The molecule has 0 fully saturated rings. The minimum absolute atomic E-state index is 0.108. The number of carbonyl (C=O) groups is 1. The van der Waals surface area contributed by atoms with Crippen LogP contribution in [0.4, 0.5) is 0 Å². The molecule has 27 heavy (non-hydrogen) atoms. The summed E-state index contributed by atoms with van der Waals surface area (Å²) < 4.78 is 8.14. The zero-order chi connectivity index (χ0) is 19.4. The fourth-order valence-electron chi connectivity index (χ4n) is 2.63. The van der Waals surface area contributed by atoms with Crippen molar-refractivity contribution in [2.24, 2.45) is 0 Å². The van der Waals surface area contributed by atoms with Gasteiger partial charge in [-0.15, -0.1) is 0 Å². The summed E-state index contributed by atoms with van der Waals surface area (Å²) in [5.41, 5.74) is 2.74. The van der Waals surface area contributed by atoms with E-state index in [9.17, 15) is 4.79 Å². The molecule has 6 nitrogen and oxygen atoms in total. The molecule has 140 valence electrons. The number of aromatic nitrogens is 3. The van der Waals surface area contributed by atoms with Crippen molar-refractivity contribution < 1.29 is 9.53 Å². The molecular weight excluding hydrogens is 432 g/mol. The number of rotatable bonds is 6. The Labute approximate surface area is 170 Å². The van der Waals surface area contributed by atoms with Crippen LogP contribution in [0.3, 0.4) is 0 Å². The molecule has 3 aromatic rings. The van der Waals surface area contributed by atoms with Crippen LogP contribution in [0.25, 0.3) is 5.69 Å². The topological polar surface area (TPSA) is 69.0 Å². The van der Waals surface area contributed by atoms with Crippen molar-refractivity contribution >= 4 is 33.4 Å². The molecule has 0 aliphatic rings. The third kappa shape index (κ3) is 4.87. The van der Waals surface area contributed by atoms with E-state index in [1.807, 2.05) is 44.2 Å². The maximum Gasteiger partial charge on any atom is 0.258 e. The van der Waals surface area contributed by atoms with Crippen LogP contribution in [0.2, 0.25) is 5.02 Å². The van der Waals surface area contributed by atoms with Crippen molar-refractivity contribution in [1.82, 2.24) is 20.1 Å². The van der Waals surface area contributed by atoms with Crippen LogP contribution < -0.4 is 10.1 Å². The lowest BCUT2D eigenvalue weighted by Gasteiger charge is -2.16. The van der Waals surface area contributed by atoms with E-state index in [2.05, 4.69) is 31.3 Å². The van der Waals surface area contributed by atoms with Crippen LogP contribution >= 0.6 is 27.5 Å². The fourth-order valence-corrected chi connectivity index (χ4v) is 3.66. The Balaban J connectivity index is 1.58. The third-order valence-corrected chi connectivity index (χ3v) is 4.73. The number of hydrogen-bond donors (Lipinski definition) is 1. The lowest BCUT2D eigenvalue weighted by Crippen LogP contribution is -2.31. The van der Waals surface area contributed by atoms with Crippen LogP contribution in [-0.2, 0) is 4.79 Å². The summed E-state index contributed by atoms with van der Waals surface area (Å²) in [5, 5.41) is 7.47. The maximum atomic E-state index is 12.2. The van der Waals surface area contributed by atoms with E-state index in [0.29, 0.717) is 10.8 Å². The van der Waals surface area contributed by atoms with E-state index in [1.54, 1.807) is 17.1 Å². The van der Waals surface area contributed by atoms with E-state index in [4.69, 9.17) is 16.3 Å². The lowest BCUT2D eigenvalue weighted by atomic mass is 10.1. The molecule has 2 aromatic carbocycles. The molecule has 0 spiro atoms. The van der Waals surface area contributed by atoms with Gasteiger partial charge in [0.05, 0.1) is 16.8 Å². The van der Waals surface area contributed by atoms with Gasteiger partial charge in [0, 0.05) is 4.47 Å². The Bertz CT molecular complexity index is 906. The second kappa shape index (κ2) is 8.54. The number of hydrogen-bond acceptors (Lipinski definition) is 4. The van der Waals surface area contributed by atoms with Crippen molar-refractivity contribution in [3.63, 3.8) is 0 Å². The zero-order valence-electron chi connectivity index (χ0n) is 14.8. The molecule has 8 heteroatoms. The second-order valence-corrected chi connectivity index (χ2v) is 7.37. The Morgan fingerprint density at radius 3 is 2.70 bits per heavy atom. The van der Waals surface area contributed by atoms with Gasteiger partial charge >= 0.3 is 0 Å². The van der Waals surface area contributed by atoms with Crippen molar-refractivity contribution in [1.29, 1.82) is 0 Å². The highest BCUT2D eigenvalue weighted by Gasteiger charge is 2.13. The molecule has 0 radical (unpaired) electrons. The highest BCUT2D eigenvalue weighted by molar-refractivity contribution is 9.10. The smallest absolute Gasteiger partial charge is 0.258 e. The summed E-state index contributed by atoms with van der Waals surface area (Å²) in [6.07, 6.45) is 3.11. The fraction of sp³-hybridized carbons (Fsp3) is 0.211. The Morgan fingerprint density at radius 1 is 1.33 bits per heavy atom. The predicted octanol–water partition coefficient (Wildman–Crippen LogP) is 4.25. The SMILES string of the molecule is Cc1cc(Br)cc(Cl)c1OCC(=O)NC(C)c1ccc(-n2cncn2)cc1. The molecular formula is C19H18BrClN4O2. The number of nitrogens with one attached hydrogen (secondary N) is 1. The number of halogens is 2. The first-order valence-corrected chi connectivity index (χ1v) is 9.44. The molecule has 0 aliphatic heterocycles. The normalized spacial score (nSPS) is 11.9. The van der Waals surface area contributed by atoms with Gasteiger partial charge in [0.15, 0.2) is 6.61 Å². The average molecular weight is 450 g/mol. The average Bonchev–Trinajstić information content (AvgIpc) is 3.15. The van der Waals surface area contributed by atoms with Crippen molar-refractivity contribution in [3.05, 3.63) is 69.7 Å². The molecule has 0 saturated heterocycles. The Kier molecular flexibility index (Phi) is 6.13. The molecule has 1 heterocycles. The molecule has 1 aromatic heterocycles. The van der Waals surface area contributed by atoms with Gasteiger partial charge in [0.1, 0.15) is 18.4 Å². The molecule has 0 bridgehead atoms. The van der Waals surface area contributed by atoms with E-state index in [-0.39, 0.29) is 18.6 Å². The molecule has 0 aliphatic carbocycles. The van der Waals surface area contributed by atoms with Gasteiger partial charge in [-0.05, 0) is 49.2 Å². The van der Waals surface area contributed by atoms with Gasteiger partial charge in [-0.1, -0.05) is 39.7 Å². The predicted molar refractivity (Wildman–Crippen MR) is 107 cm³/mol. The van der Waals surface area contributed by atoms with Gasteiger partial charge in [-0.25, -0.2) is 9.67 Å². The highest BCUT2D eigenvalue weighted by atomic mass is 79.9. The van der Waals surface area contributed by atoms with Crippen molar-refractivity contribution in [3.8, 4) is 11.4 Å². The number of nitrogens with zero attached hydrogens (tertiary/aromatic N) is 3. The monoisotopic (exact) mass is 448 g/mol. The van der Waals surface area contributed by atoms with E-state index >= 15 is 0 Å². The zero-order valence-corrected chi connectivity index (χ0v) is 17.2. The van der Waals surface area contributed by atoms with Gasteiger partial charge in [0.2, 0.25) is 0 Å². The second-order valence-electron chi connectivity index (χ2n) is 6.04. The Hall–Kier alpha value is -2.38. The quantitative estimate of drug-likeness (QED) is 0.611.